The molecule has 0 fully saturated rings. The van der Waals surface area contributed by atoms with Crippen LogP contribution in [0.3, 0.4) is 0 Å². The van der Waals surface area contributed by atoms with E-state index >= 15 is 0 Å². The van der Waals surface area contributed by atoms with E-state index in [0.29, 0.717) is 19.5 Å². The molecule has 4 nitrogen and oxygen atoms in total. The van der Waals surface area contributed by atoms with E-state index in [0.717, 1.165) is 11.5 Å². The molecule has 1 amide bonds. The van der Waals surface area contributed by atoms with Gasteiger partial charge in [0.1, 0.15) is 11.5 Å². The van der Waals surface area contributed by atoms with Crippen molar-refractivity contribution in [3.05, 3.63) is 72.2 Å². The lowest BCUT2D eigenvalue weighted by Crippen LogP contribution is -2.31. The Hall–Kier alpha value is -2.66. The van der Waals surface area contributed by atoms with Crippen LogP contribution >= 0.6 is 11.8 Å². The van der Waals surface area contributed by atoms with Crippen LogP contribution in [0.15, 0.2) is 74.9 Å². The highest BCUT2D eigenvalue weighted by molar-refractivity contribution is 7.99. The summed E-state index contributed by atoms with van der Waals surface area (Å²) in [6.45, 7) is 3.05. The van der Waals surface area contributed by atoms with Gasteiger partial charge in [-0.1, -0.05) is 36.0 Å². The number of para-hydroxylation sites is 2. The Morgan fingerprint density at radius 3 is 2.22 bits per heavy atom. The Morgan fingerprint density at radius 1 is 1.00 bits per heavy atom. The van der Waals surface area contributed by atoms with Crippen molar-refractivity contribution in [3.63, 3.8) is 0 Å². The molecule has 1 aromatic heterocycles. The van der Waals surface area contributed by atoms with Crippen molar-refractivity contribution in [2.24, 2.45) is 0 Å². The van der Waals surface area contributed by atoms with E-state index in [1.54, 1.807) is 16.7 Å². The van der Waals surface area contributed by atoms with E-state index in [-0.39, 0.29) is 5.91 Å². The smallest absolute Gasteiger partial charge is 0.224 e. The van der Waals surface area contributed by atoms with Gasteiger partial charge in [-0.25, -0.2) is 0 Å². The first-order chi connectivity index (χ1) is 13.1. The molecule has 0 atom stereocenters. The maximum Gasteiger partial charge on any atom is 0.224 e. The van der Waals surface area contributed by atoms with Crippen LogP contribution in [0.5, 0.6) is 0 Å². The van der Waals surface area contributed by atoms with E-state index < -0.39 is 0 Å². The van der Waals surface area contributed by atoms with Crippen LogP contribution in [0.2, 0.25) is 0 Å². The summed E-state index contributed by atoms with van der Waals surface area (Å²) in [6.07, 6.45) is 0.448. The number of carbonyl (C=O) groups excluding carboxylic acids is 1. The molecule has 0 spiro atoms. The lowest BCUT2D eigenvalue weighted by Gasteiger charge is -2.33. The predicted octanol–water partition coefficient (Wildman–Crippen LogP) is 5.24. The molecule has 0 aliphatic carbocycles. The lowest BCUT2D eigenvalue weighted by molar-refractivity contribution is -0.130. The number of aryl methyl sites for hydroxylation is 1. The number of furan rings is 1. The number of benzene rings is 2. The second kappa shape index (κ2) is 7.53. The molecule has 138 valence electrons. The molecule has 4 rings (SSSR count). The minimum absolute atomic E-state index is 0.109. The zero-order valence-corrected chi connectivity index (χ0v) is 16.3. The van der Waals surface area contributed by atoms with Gasteiger partial charge < -0.3 is 14.2 Å². The van der Waals surface area contributed by atoms with Gasteiger partial charge in [0, 0.05) is 29.8 Å². The van der Waals surface area contributed by atoms with Crippen molar-refractivity contribution in [3.8, 4) is 0 Å². The van der Waals surface area contributed by atoms with Crippen molar-refractivity contribution in [2.45, 2.75) is 29.7 Å². The van der Waals surface area contributed by atoms with Crippen molar-refractivity contribution in [1.29, 1.82) is 0 Å². The van der Waals surface area contributed by atoms with Crippen molar-refractivity contribution >= 4 is 29.0 Å². The SMILES string of the molecule is Cc1ccc(CN(C)C(=O)CCN2c3ccccc3Sc3ccccc32)o1. The molecular weight excluding hydrogens is 356 g/mol. The summed E-state index contributed by atoms with van der Waals surface area (Å²) < 4.78 is 5.58. The molecule has 1 aliphatic heterocycles. The van der Waals surface area contributed by atoms with Crippen LogP contribution in [0, 0.1) is 6.92 Å². The summed E-state index contributed by atoms with van der Waals surface area (Å²) in [7, 11) is 1.83. The van der Waals surface area contributed by atoms with Crippen LogP contribution in [0.25, 0.3) is 0 Å². The number of rotatable bonds is 5. The largest absolute Gasteiger partial charge is 0.464 e. The number of nitrogens with zero attached hydrogens (tertiary/aromatic N) is 2. The van der Waals surface area contributed by atoms with Gasteiger partial charge in [0.2, 0.25) is 5.91 Å². The fraction of sp³-hybridized carbons (Fsp3) is 0.227. The fourth-order valence-electron chi connectivity index (χ4n) is 3.31. The number of amides is 1. The molecule has 0 saturated heterocycles. The molecule has 27 heavy (non-hydrogen) atoms. The Morgan fingerprint density at radius 2 is 1.63 bits per heavy atom. The maximum absolute atomic E-state index is 12.7. The van der Waals surface area contributed by atoms with Gasteiger partial charge in [-0.2, -0.15) is 0 Å². The number of fused-ring (bicyclic) bond motifs is 2. The van der Waals surface area contributed by atoms with Crippen molar-refractivity contribution in [2.75, 3.05) is 18.5 Å². The molecule has 3 aromatic rings. The van der Waals surface area contributed by atoms with E-state index in [1.165, 1.54) is 21.2 Å². The van der Waals surface area contributed by atoms with Crippen molar-refractivity contribution in [1.82, 2.24) is 4.90 Å². The van der Waals surface area contributed by atoms with Crippen molar-refractivity contribution < 1.29 is 9.21 Å². The number of anilines is 2. The summed E-state index contributed by atoms with van der Waals surface area (Å²) in [5.74, 6) is 1.79. The van der Waals surface area contributed by atoms with E-state index in [2.05, 4.69) is 41.3 Å². The maximum atomic E-state index is 12.7. The summed E-state index contributed by atoms with van der Waals surface area (Å²) in [6, 6.07) is 20.6. The normalized spacial score (nSPS) is 12.4. The number of hydrogen-bond acceptors (Lipinski definition) is 4. The molecule has 0 N–H and O–H groups in total. The predicted molar refractivity (Wildman–Crippen MR) is 109 cm³/mol. The first-order valence-electron chi connectivity index (χ1n) is 9.04. The molecule has 1 aliphatic rings. The van der Waals surface area contributed by atoms with Gasteiger partial charge in [-0.05, 0) is 43.3 Å². The third kappa shape index (κ3) is 3.74. The minimum Gasteiger partial charge on any atom is -0.464 e. The Balaban J connectivity index is 1.48. The third-order valence-electron chi connectivity index (χ3n) is 4.70. The van der Waals surface area contributed by atoms with Gasteiger partial charge in [-0.3, -0.25) is 4.79 Å². The number of carbonyl (C=O) groups is 1. The van der Waals surface area contributed by atoms with Crippen LogP contribution in [-0.2, 0) is 11.3 Å². The molecule has 0 radical (unpaired) electrons. The highest BCUT2D eigenvalue weighted by Gasteiger charge is 2.23. The highest BCUT2D eigenvalue weighted by Crippen LogP contribution is 2.47. The summed E-state index contributed by atoms with van der Waals surface area (Å²) in [5, 5.41) is 0. The first-order valence-corrected chi connectivity index (χ1v) is 9.86. The third-order valence-corrected chi connectivity index (χ3v) is 5.83. The highest BCUT2D eigenvalue weighted by atomic mass is 32.2. The number of hydrogen-bond donors (Lipinski definition) is 0. The monoisotopic (exact) mass is 378 g/mol. The Kier molecular flexibility index (Phi) is 4.94. The van der Waals surface area contributed by atoms with Crippen LogP contribution in [-0.4, -0.2) is 24.4 Å². The zero-order chi connectivity index (χ0) is 18.8. The quantitative estimate of drug-likeness (QED) is 0.608. The van der Waals surface area contributed by atoms with Gasteiger partial charge in [0.05, 0.1) is 17.9 Å². The fourth-order valence-corrected chi connectivity index (χ4v) is 4.41. The Bertz CT molecular complexity index is 921. The summed E-state index contributed by atoms with van der Waals surface area (Å²) in [4.78, 5) is 19.1. The lowest BCUT2D eigenvalue weighted by atomic mass is 10.2. The van der Waals surface area contributed by atoms with E-state index in [4.69, 9.17) is 4.42 Å². The second-order valence-corrected chi connectivity index (χ2v) is 7.79. The van der Waals surface area contributed by atoms with Gasteiger partial charge >= 0.3 is 0 Å². The molecule has 5 heteroatoms. The second-order valence-electron chi connectivity index (χ2n) is 6.70. The molecular formula is C22H22N2O2S. The van der Waals surface area contributed by atoms with Gasteiger partial charge in [0.25, 0.3) is 0 Å². The van der Waals surface area contributed by atoms with E-state index in [1.807, 2.05) is 38.2 Å². The average molecular weight is 378 g/mol. The van der Waals surface area contributed by atoms with E-state index in [9.17, 15) is 4.79 Å². The van der Waals surface area contributed by atoms with Gasteiger partial charge in [-0.15, -0.1) is 0 Å². The molecule has 2 heterocycles. The van der Waals surface area contributed by atoms with Crippen LogP contribution < -0.4 is 4.90 Å². The molecule has 2 aromatic carbocycles. The average Bonchev–Trinajstić information content (AvgIpc) is 3.09. The van der Waals surface area contributed by atoms with Crippen LogP contribution in [0.1, 0.15) is 17.9 Å². The zero-order valence-electron chi connectivity index (χ0n) is 15.5. The minimum atomic E-state index is 0.109. The van der Waals surface area contributed by atoms with Gasteiger partial charge in [0.15, 0.2) is 0 Å². The summed E-state index contributed by atoms with van der Waals surface area (Å²) >= 11 is 1.78. The molecule has 0 unspecified atom stereocenters. The first kappa shape index (κ1) is 17.7. The van der Waals surface area contributed by atoms with Crippen LogP contribution in [0.4, 0.5) is 11.4 Å². The standard InChI is InChI=1S/C22H22N2O2S/c1-16-11-12-17(26-16)15-23(2)22(25)13-14-24-18-7-3-5-9-20(18)27-21-10-6-4-8-19(21)24/h3-12H,13-15H2,1-2H3. The summed E-state index contributed by atoms with van der Waals surface area (Å²) in [5.41, 5.74) is 2.33. The topological polar surface area (TPSA) is 36.7 Å². The molecule has 0 saturated carbocycles. The molecule has 0 bridgehead atoms. The Labute approximate surface area is 163 Å².